The molecule has 0 aliphatic carbocycles. The number of nitrogens with zero attached hydrogens (tertiary/aromatic N) is 1. The lowest BCUT2D eigenvalue weighted by Crippen LogP contribution is -2.00. The molecule has 0 atom stereocenters. The van der Waals surface area contributed by atoms with Gasteiger partial charge < -0.3 is 20.1 Å². The van der Waals surface area contributed by atoms with Crippen molar-refractivity contribution >= 4 is 40.7 Å². The molecule has 0 radical (unpaired) electrons. The summed E-state index contributed by atoms with van der Waals surface area (Å²) in [6, 6.07) is 11.2. The van der Waals surface area contributed by atoms with Crippen molar-refractivity contribution in [3.8, 4) is 11.5 Å². The highest BCUT2D eigenvalue weighted by atomic mass is 35.5. The van der Waals surface area contributed by atoms with E-state index in [1.165, 1.54) is 19.4 Å². The van der Waals surface area contributed by atoms with Gasteiger partial charge in [0.15, 0.2) is 0 Å². The predicted octanol–water partition coefficient (Wildman–Crippen LogP) is 6.88. The first-order valence-corrected chi connectivity index (χ1v) is 10.6. The third kappa shape index (κ3) is 4.81. The highest BCUT2D eigenvalue weighted by Gasteiger charge is 2.17. The number of benzene rings is 2. The van der Waals surface area contributed by atoms with Gasteiger partial charge in [-0.1, -0.05) is 30.7 Å². The monoisotopic (exact) mass is 455 g/mol. The van der Waals surface area contributed by atoms with E-state index in [1.807, 2.05) is 45.2 Å². The van der Waals surface area contributed by atoms with Gasteiger partial charge in [0.2, 0.25) is 0 Å². The average Bonchev–Trinajstić information content (AvgIpc) is 2.81. The second kappa shape index (κ2) is 10.4. The van der Waals surface area contributed by atoms with Gasteiger partial charge in [-0.15, -0.1) is 0 Å². The number of ether oxygens (including phenoxy) is 2. The number of para-hydroxylation sites is 1. The number of methoxy groups -OCH3 is 2. The molecule has 0 amide bonds. The smallest absolute Gasteiger partial charge is 0.138 e. The summed E-state index contributed by atoms with van der Waals surface area (Å²) in [5.41, 5.74) is 4.58. The van der Waals surface area contributed by atoms with E-state index in [0.717, 1.165) is 22.5 Å². The molecule has 3 aromatic rings. The highest BCUT2D eigenvalue weighted by Crippen LogP contribution is 2.40. The fourth-order valence-corrected chi connectivity index (χ4v) is 3.73. The maximum atomic E-state index is 15.2. The maximum Gasteiger partial charge on any atom is 0.138 e. The zero-order valence-corrected chi connectivity index (χ0v) is 19.6. The molecule has 0 aliphatic rings. The van der Waals surface area contributed by atoms with Crippen molar-refractivity contribution in [1.29, 1.82) is 0 Å². The van der Waals surface area contributed by atoms with E-state index in [9.17, 15) is 0 Å². The lowest BCUT2D eigenvalue weighted by Gasteiger charge is -2.15. The largest absolute Gasteiger partial charge is 0.496 e. The predicted molar refractivity (Wildman–Crippen MR) is 131 cm³/mol. The summed E-state index contributed by atoms with van der Waals surface area (Å²) in [6.45, 7) is 3.99. The van der Waals surface area contributed by atoms with Crippen molar-refractivity contribution in [1.82, 2.24) is 4.98 Å². The molecule has 1 aromatic heterocycles. The molecule has 168 valence electrons. The lowest BCUT2D eigenvalue weighted by molar-refractivity contribution is 0.398. The summed E-state index contributed by atoms with van der Waals surface area (Å²) in [5, 5.41) is 6.74. The Hall–Kier alpha value is -3.25. The van der Waals surface area contributed by atoms with Crippen LogP contribution in [0.2, 0.25) is 5.02 Å². The fourth-order valence-electron chi connectivity index (χ4n) is 3.46. The zero-order valence-electron chi connectivity index (χ0n) is 18.8. The minimum absolute atomic E-state index is 0.294. The Labute approximate surface area is 193 Å². The number of hydrogen-bond acceptors (Lipinski definition) is 5. The molecule has 0 spiro atoms. The zero-order chi connectivity index (χ0) is 23.3. The Morgan fingerprint density at radius 1 is 1.19 bits per heavy atom. The second-order valence-electron chi connectivity index (χ2n) is 7.15. The molecule has 2 N–H and O–H groups in total. The van der Waals surface area contributed by atoms with Crippen LogP contribution in [-0.2, 0) is 6.42 Å². The van der Waals surface area contributed by atoms with Gasteiger partial charge in [-0.25, -0.2) is 9.37 Å². The van der Waals surface area contributed by atoms with Crippen molar-refractivity contribution in [3.05, 3.63) is 69.9 Å². The van der Waals surface area contributed by atoms with Crippen LogP contribution in [0, 0.1) is 6.92 Å². The van der Waals surface area contributed by atoms with Crippen LogP contribution in [0.1, 0.15) is 29.2 Å². The van der Waals surface area contributed by atoms with Crippen molar-refractivity contribution in [2.24, 2.45) is 0 Å². The number of halogens is 2. The summed E-state index contributed by atoms with van der Waals surface area (Å²) < 4.78 is 26.0. The minimum atomic E-state index is -0.480. The van der Waals surface area contributed by atoms with Crippen LogP contribution < -0.4 is 20.1 Å². The molecule has 32 heavy (non-hydrogen) atoms. The second-order valence-corrected chi connectivity index (χ2v) is 7.53. The van der Waals surface area contributed by atoms with E-state index in [1.54, 1.807) is 19.2 Å². The Balaban J connectivity index is 1.94. The Morgan fingerprint density at radius 2 is 1.97 bits per heavy atom. The average molecular weight is 456 g/mol. The van der Waals surface area contributed by atoms with Crippen molar-refractivity contribution in [2.45, 2.75) is 20.3 Å². The Morgan fingerprint density at radius 3 is 2.56 bits per heavy atom. The van der Waals surface area contributed by atoms with Gasteiger partial charge in [0.25, 0.3) is 0 Å². The summed E-state index contributed by atoms with van der Waals surface area (Å²) in [5.74, 6) is 1.13. The summed E-state index contributed by atoms with van der Waals surface area (Å²) in [4.78, 5) is 4.38. The number of aromatic nitrogens is 1. The number of hydrogen-bond donors (Lipinski definition) is 2. The van der Waals surface area contributed by atoms with Crippen LogP contribution in [0.15, 0.2) is 42.6 Å². The van der Waals surface area contributed by atoms with Crippen LogP contribution in [0.4, 0.5) is 21.6 Å². The number of nitrogens with one attached hydrogen (secondary N) is 2. The van der Waals surface area contributed by atoms with E-state index in [-0.39, 0.29) is 0 Å². The van der Waals surface area contributed by atoms with Gasteiger partial charge in [0.05, 0.1) is 30.6 Å². The molecular weight excluding hydrogens is 429 g/mol. The number of aryl methyl sites for hydroxylation is 2. The Kier molecular flexibility index (Phi) is 7.59. The first kappa shape index (κ1) is 23.4. The lowest BCUT2D eigenvalue weighted by atomic mass is 10.0. The van der Waals surface area contributed by atoms with E-state index in [2.05, 4.69) is 15.6 Å². The van der Waals surface area contributed by atoms with Gasteiger partial charge in [-0.3, -0.25) is 0 Å². The maximum absolute atomic E-state index is 15.2. The first-order valence-electron chi connectivity index (χ1n) is 10.2. The molecular formula is C25H27ClFN3O2. The molecule has 5 nitrogen and oxygen atoms in total. The quantitative estimate of drug-likeness (QED) is 0.388. The SMILES string of the molecule is CCc1cc(OC)c(Cl)c(/C=C(\F)c2ccc(Nc3c(C)cccc3NC)nc2)c1OC. The number of rotatable bonds is 8. The molecule has 3 rings (SSSR count). The van der Waals surface area contributed by atoms with Gasteiger partial charge in [-0.2, -0.15) is 0 Å². The van der Waals surface area contributed by atoms with Crippen LogP contribution in [-0.4, -0.2) is 26.3 Å². The van der Waals surface area contributed by atoms with Crippen LogP contribution in [0.3, 0.4) is 0 Å². The third-order valence-electron chi connectivity index (χ3n) is 5.20. The van der Waals surface area contributed by atoms with E-state index >= 15 is 4.39 Å². The Bertz CT molecular complexity index is 1130. The molecule has 0 bridgehead atoms. The van der Waals surface area contributed by atoms with Crippen molar-refractivity contribution < 1.29 is 13.9 Å². The molecule has 0 fully saturated rings. The van der Waals surface area contributed by atoms with Gasteiger partial charge in [0.1, 0.15) is 23.1 Å². The van der Waals surface area contributed by atoms with E-state index < -0.39 is 5.83 Å². The minimum Gasteiger partial charge on any atom is -0.496 e. The van der Waals surface area contributed by atoms with Crippen LogP contribution in [0.25, 0.3) is 11.9 Å². The summed E-state index contributed by atoms with van der Waals surface area (Å²) in [7, 11) is 4.93. The number of pyridine rings is 1. The highest BCUT2D eigenvalue weighted by molar-refractivity contribution is 6.34. The van der Waals surface area contributed by atoms with Crippen molar-refractivity contribution in [2.75, 3.05) is 31.9 Å². The molecule has 0 unspecified atom stereocenters. The molecule has 0 saturated heterocycles. The number of anilines is 3. The topological polar surface area (TPSA) is 55.4 Å². The van der Waals surface area contributed by atoms with Crippen LogP contribution >= 0.6 is 11.6 Å². The van der Waals surface area contributed by atoms with Gasteiger partial charge >= 0.3 is 0 Å². The van der Waals surface area contributed by atoms with Gasteiger partial charge in [0, 0.05) is 24.4 Å². The molecule has 1 heterocycles. The third-order valence-corrected chi connectivity index (χ3v) is 5.59. The fraction of sp³-hybridized carbons (Fsp3) is 0.240. The summed E-state index contributed by atoms with van der Waals surface area (Å²) in [6.07, 6.45) is 3.52. The van der Waals surface area contributed by atoms with Gasteiger partial charge in [-0.05, 0) is 54.8 Å². The molecule has 0 saturated carbocycles. The standard InChI is InChI=1S/C25H27ClFN3O2/c1-6-16-12-21(31-4)23(26)18(25(16)32-5)13-19(27)17-10-11-22(29-14-17)30-24-15(2)8-7-9-20(24)28-3/h7-14,28H,6H2,1-5H3,(H,29,30)/b19-13-. The molecule has 7 heteroatoms. The van der Waals surface area contributed by atoms with E-state index in [0.29, 0.717) is 39.9 Å². The molecule has 0 aliphatic heterocycles. The first-order chi connectivity index (χ1) is 15.4. The summed E-state index contributed by atoms with van der Waals surface area (Å²) >= 11 is 6.46. The van der Waals surface area contributed by atoms with E-state index in [4.69, 9.17) is 21.1 Å². The molecule has 2 aromatic carbocycles. The van der Waals surface area contributed by atoms with Crippen molar-refractivity contribution in [3.63, 3.8) is 0 Å². The van der Waals surface area contributed by atoms with Crippen LogP contribution in [0.5, 0.6) is 11.5 Å². The normalized spacial score (nSPS) is 11.3.